The Hall–Kier alpha value is -0.830. The van der Waals surface area contributed by atoms with Crippen LogP contribution in [0.3, 0.4) is 0 Å². The van der Waals surface area contributed by atoms with Gasteiger partial charge in [0.1, 0.15) is 0 Å². The Morgan fingerprint density at radius 3 is 2.83 bits per heavy atom. The van der Waals surface area contributed by atoms with Gasteiger partial charge in [0, 0.05) is 19.4 Å². The first kappa shape index (κ1) is 7.80. The van der Waals surface area contributed by atoms with Crippen LogP contribution in [0.1, 0.15) is 24.4 Å². The van der Waals surface area contributed by atoms with Gasteiger partial charge in [-0.1, -0.05) is 0 Å². The van der Waals surface area contributed by atoms with E-state index in [0.717, 1.165) is 26.1 Å². The lowest BCUT2D eigenvalue weighted by Gasteiger charge is -2.22. The van der Waals surface area contributed by atoms with Crippen LogP contribution in [0.4, 0.5) is 0 Å². The van der Waals surface area contributed by atoms with E-state index in [-0.39, 0.29) is 0 Å². The Bertz CT molecular complexity index is 251. The molecule has 0 spiro atoms. The normalized spacial score (nSPS) is 19.8. The minimum absolute atomic E-state index is 0.562. The fourth-order valence-corrected chi connectivity index (χ4v) is 1.58. The van der Waals surface area contributed by atoms with Gasteiger partial charge in [-0.2, -0.15) is 5.10 Å². The zero-order valence-electron chi connectivity index (χ0n) is 7.36. The summed E-state index contributed by atoms with van der Waals surface area (Å²) in [6.45, 7) is 3.83. The lowest BCUT2D eigenvalue weighted by molar-refractivity contribution is 0.0662. The molecule has 0 saturated carbocycles. The second-order valence-electron chi connectivity index (χ2n) is 3.34. The highest BCUT2D eigenvalue weighted by Crippen LogP contribution is 2.19. The highest BCUT2D eigenvalue weighted by Gasteiger charge is 2.15. The van der Waals surface area contributed by atoms with Gasteiger partial charge >= 0.3 is 0 Å². The maximum absolute atomic E-state index is 5.29. The summed E-state index contributed by atoms with van der Waals surface area (Å²) in [6, 6.07) is 0.562. The van der Waals surface area contributed by atoms with Crippen LogP contribution in [-0.2, 0) is 4.74 Å². The van der Waals surface area contributed by atoms with Gasteiger partial charge < -0.3 is 4.74 Å². The van der Waals surface area contributed by atoms with Gasteiger partial charge in [-0.25, -0.2) is 0 Å². The van der Waals surface area contributed by atoms with E-state index in [2.05, 4.69) is 22.9 Å². The van der Waals surface area contributed by atoms with Crippen molar-refractivity contribution in [2.75, 3.05) is 13.2 Å². The Morgan fingerprint density at radius 1 is 1.50 bits per heavy atom. The lowest BCUT2D eigenvalue weighted by atomic mass is 10.1. The predicted molar refractivity (Wildman–Crippen MR) is 46.1 cm³/mol. The molecule has 1 fully saturated rings. The average Bonchev–Trinajstić information content (AvgIpc) is 2.54. The third-order valence-corrected chi connectivity index (χ3v) is 2.30. The molecule has 1 aliphatic rings. The van der Waals surface area contributed by atoms with Crippen molar-refractivity contribution in [2.45, 2.75) is 25.8 Å². The minimum atomic E-state index is 0.562. The Labute approximate surface area is 72.3 Å². The number of aryl methyl sites for hydroxylation is 1. The number of hydrogen-bond donors (Lipinski definition) is 0. The van der Waals surface area contributed by atoms with Crippen LogP contribution in [0.15, 0.2) is 12.4 Å². The van der Waals surface area contributed by atoms with Crippen molar-refractivity contribution in [2.24, 2.45) is 0 Å². The van der Waals surface area contributed by atoms with Gasteiger partial charge in [-0.05, 0) is 25.3 Å². The number of nitrogens with zero attached hydrogens (tertiary/aromatic N) is 2. The molecule has 0 unspecified atom stereocenters. The van der Waals surface area contributed by atoms with E-state index in [1.807, 2.05) is 6.20 Å². The molecule has 1 saturated heterocycles. The molecular formula is C9H14N2O. The van der Waals surface area contributed by atoms with Gasteiger partial charge in [0.15, 0.2) is 0 Å². The van der Waals surface area contributed by atoms with Crippen molar-refractivity contribution in [1.29, 1.82) is 0 Å². The minimum Gasteiger partial charge on any atom is -0.381 e. The number of aromatic nitrogens is 2. The first-order valence-corrected chi connectivity index (χ1v) is 4.45. The maximum Gasteiger partial charge on any atom is 0.0563 e. The van der Waals surface area contributed by atoms with Gasteiger partial charge in [0.05, 0.1) is 12.2 Å². The second-order valence-corrected chi connectivity index (χ2v) is 3.34. The molecule has 0 N–H and O–H groups in total. The number of rotatable bonds is 1. The summed E-state index contributed by atoms with van der Waals surface area (Å²) in [5.74, 6) is 0. The zero-order valence-corrected chi connectivity index (χ0v) is 7.36. The molecule has 3 heteroatoms. The molecule has 66 valence electrons. The van der Waals surface area contributed by atoms with Crippen molar-refractivity contribution in [3.05, 3.63) is 18.0 Å². The maximum atomic E-state index is 5.29. The molecule has 1 aromatic rings. The van der Waals surface area contributed by atoms with E-state index in [1.165, 1.54) is 5.56 Å². The molecule has 3 nitrogen and oxygen atoms in total. The van der Waals surface area contributed by atoms with E-state index >= 15 is 0 Å². The van der Waals surface area contributed by atoms with Crippen LogP contribution in [-0.4, -0.2) is 23.0 Å². The Kier molecular flexibility index (Phi) is 2.13. The number of ether oxygens (including phenoxy) is 1. The molecule has 1 aliphatic heterocycles. The molecule has 0 atom stereocenters. The largest absolute Gasteiger partial charge is 0.381 e. The van der Waals surface area contributed by atoms with Crippen molar-refractivity contribution in [3.8, 4) is 0 Å². The highest BCUT2D eigenvalue weighted by molar-refractivity contribution is 5.00. The average molecular weight is 166 g/mol. The standard InChI is InChI=1S/C9H14N2O/c1-8-6-10-11(7-8)9-2-4-12-5-3-9/h6-7,9H,2-5H2,1H3. The Balaban J connectivity index is 2.08. The molecule has 2 rings (SSSR count). The summed E-state index contributed by atoms with van der Waals surface area (Å²) in [5, 5.41) is 4.30. The molecule has 2 heterocycles. The van der Waals surface area contributed by atoms with Crippen LogP contribution in [0.25, 0.3) is 0 Å². The zero-order chi connectivity index (χ0) is 8.39. The first-order chi connectivity index (χ1) is 5.86. The SMILES string of the molecule is Cc1cnn(C2CCOCC2)c1. The molecule has 0 radical (unpaired) electrons. The topological polar surface area (TPSA) is 27.1 Å². The fourth-order valence-electron chi connectivity index (χ4n) is 1.58. The molecular weight excluding hydrogens is 152 g/mol. The lowest BCUT2D eigenvalue weighted by Crippen LogP contribution is -2.19. The summed E-state index contributed by atoms with van der Waals surface area (Å²) in [5.41, 5.74) is 1.24. The van der Waals surface area contributed by atoms with Gasteiger partial charge in [-0.15, -0.1) is 0 Å². The molecule has 0 aromatic carbocycles. The third-order valence-electron chi connectivity index (χ3n) is 2.30. The fraction of sp³-hybridized carbons (Fsp3) is 0.667. The highest BCUT2D eigenvalue weighted by atomic mass is 16.5. The van der Waals surface area contributed by atoms with Gasteiger partial charge in [0.2, 0.25) is 0 Å². The quantitative estimate of drug-likeness (QED) is 0.632. The second kappa shape index (κ2) is 3.27. The van der Waals surface area contributed by atoms with Crippen LogP contribution in [0.2, 0.25) is 0 Å². The smallest absolute Gasteiger partial charge is 0.0563 e. The molecule has 1 aromatic heterocycles. The molecule has 0 amide bonds. The summed E-state index contributed by atoms with van der Waals surface area (Å²) in [7, 11) is 0. The van der Waals surface area contributed by atoms with E-state index < -0.39 is 0 Å². The van der Waals surface area contributed by atoms with E-state index in [1.54, 1.807) is 0 Å². The van der Waals surface area contributed by atoms with Crippen molar-refractivity contribution >= 4 is 0 Å². The van der Waals surface area contributed by atoms with Crippen molar-refractivity contribution in [3.63, 3.8) is 0 Å². The summed E-state index contributed by atoms with van der Waals surface area (Å²) in [4.78, 5) is 0. The van der Waals surface area contributed by atoms with Gasteiger partial charge in [-0.3, -0.25) is 4.68 Å². The summed E-state index contributed by atoms with van der Waals surface area (Å²) in [6.07, 6.45) is 6.22. The molecule has 0 bridgehead atoms. The first-order valence-electron chi connectivity index (χ1n) is 4.45. The molecule has 12 heavy (non-hydrogen) atoms. The monoisotopic (exact) mass is 166 g/mol. The van der Waals surface area contributed by atoms with E-state index in [9.17, 15) is 0 Å². The van der Waals surface area contributed by atoms with Crippen LogP contribution >= 0.6 is 0 Å². The predicted octanol–water partition coefficient (Wildman–Crippen LogP) is 1.54. The van der Waals surface area contributed by atoms with E-state index in [4.69, 9.17) is 4.74 Å². The van der Waals surface area contributed by atoms with Crippen LogP contribution < -0.4 is 0 Å². The van der Waals surface area contributed by atoms with Crippen LogP contribution in [0.5, 0.6) is 0 Å². The Morgan fingerprint density at radius 2 is 2.25 bits per heavy atom. The summed E-state index contributed by atoms with van der Waals surface area (Å²) >= 11 is 0. The van der Waals surface area contributed by atoms with Crippen LogP contribution in [0, 0.1) is 6.92 Å². The third kappa shape index (κ3) is 1.50. The van der Waals surface area contributed by atoms with Crippen molar-refractivity contribution < 1.29 is 4.74 Å². The number of hydrogen-bond acceptors (Lipinski definition) is 2. The van der Waals surface area contributed by atoms with Gasteiger partial charge in [0.25, 0.3) is 0 Å². The summed E-state index contributed by atoms with van der Waals surface area (Å²) < 4.78 is 7.35. The van der Waals surface area contributed by atoms with E-state index in [0.29, 0.717) is 6.04 Å². The van der Waals surface area contributed by atoms with Crippen molar-refractivity contribution in [1.82, 2.24) is 9.78 Å². The molecule has 0 aliphatic carbocycles.